The molecule has 1 aliphatic rings. The summed E-state index contributed by atoms with van der Waals surface area (Å²) >= 11 is 0. The van der Waals surface area contributed by atoms with Crippen molar-refractivity contribution < 1.29 is 4.74 Å². The van der Waals surface area contributed by atoms with Gasteiger partial charge in [-0.1, -0.05) is 30.7 Å². The van der Waals surface area contributed by atoms with Gasteiger partial charge in [-0.25, -0.2) is 0 Å². The lowest BCUT2D eigenvalue weighted by Crippen LogP contribution is -2.21. The number of rotatable bonds is 5. The van der Waals surface area contributed by atoms with Gasteiger partial charge in [-0.05, 0) is 43.2 Å². The van der Waals surface area contributed by atoms with Crippen molar-refractivity contribution in [3.63, 3.8) is 0 Å². The fraction of sp³-hybridized carbons (Fsp3) is 0.600. The highest BCUT2D eigenvalue weighted by Crippen LogP contribution is 2.39. The van der Waals surface area contributed by atoms with E-state index < -0.39 is 0 Å². The van der Waals surface area contributed by atoms with Crippen molar-refractivity contribution in [1.29, 1.82) is 0 Å². The summed E-state index contributed by atoms with van der Waals surface area (Å²) in [7, 11) is 1.75. The van der Waals surface area contributed by atoms with E-state index in [0.29, 0.717) is 0 Å². The molecule has 0 amide bonds. The molecule has 1 aromatic carbocycles. The predicted octanol–water partition coefficient (Wildman–Crippen LogP) is 3.38. The van der Waals surface area contributed by atoms with Crippen LogP contribution in [0.4, 0.5) is 0 Å². The molecule has 0 spiro atoms. The van der Waals surface area contributed by atoms with Gasteiger partial charge in [0.1, 0.15) is 0 Å². The van der Waals surface area contributed by atoms with Gasteiger partial charge in [0.05, 0.1) is 6.10 Å². The maximum absolute atomic E-state index is 6.31. The SMILES string of the molecule is COC(C)CC(N)c1ccccc1C1CCC1. The molecule has 17 heavy (non-hydrogen) atoms. The molecule has 2 heteroatoms. The molecule has 2 nitrogen and oxygen atoms in total. The van der Waals surface area contributed by atoms with E-state index in [2.05, 4.69) is 31.2 Å². The van der Waals surface area contributed by atoms with Crippen LogP contribution in [-0.2, 0) is 4.74 Å². The van der Waals surface area contributed by atoms with Crippen molar-refractivity contribution in [2.45, 2.75) is 50.7 Å². The predicted molar refractivity (Wildman–Crippen MR) is 71.1 cm³/mol. The van der Waals surface area contributed by atoms with Crippen LogP contribution in [0, 0.1) is 0 Å². The quantitative estimate of drug-likeness (QED) is 0.846. The van der Waals surface area contributed by atoms with Crippen LogP contribution in [0.1, 0.15) is 55.7 Å². The van der Waals surface area contributed by atoms with E-state index in [4.69, 9.17) is 10.5 Å². The van der Waals surface area contributed by atoms with E-state index in [1.807, 2.05) is 0 Å². The van der Waals surface area contributed by atoms with E-state index in [1.54, 1.807) is 7.11 Å². The van der Waals surface area contributed by atoms with Gasteiger partial charge in [0.25, 0.3) is 0 Å². The third kappa shape index (κ3) is 2.88. The monoisotopic (exact) mass is 233 g/mol. The summed E-state index contributed by atoms with van der Waals surface area (Å²) in [6, 6.07) is 8.75. The van der Waals surface area contributed by atoms with Gasteiger partial charge < -0.3 is 10.5 Å². The molecule has 94 valence electrons. The second-order valence-corrected chi connectivity index (χ2v) is 5.15. The molecule has 1 saturated carbocycles. The highest BCUT2D eigenvalue weighted by molar-refractivity contribution is 5.34. The van der Waals surface area contributed by atoms with Crippen LogP contribution in [0.5, 0.6) is 0 Å². The van der Waals surface area contributed by atoms with Crippen molar-refractivity contribution >= 4 is 0 Å². The van der Waals surface area contributed by atoms with E-state index in [0.717, 1.165) is 12.3 Å². The van der Waals surface area contributed by atoms with Crippen molar-refractivity contribution in [2.75, 3.05) is 7.11 Å². The molecule has 0 radical (unpaired) electrons. The fourth-order valence-electron chi connectivity index (χ4n) is 2.52. The Morgan fingerprint density at radius 3 is 2.65 bits per heavy atom. The summed E-state index contributed by atoms with van der Waals surface area (Å²) in [5.41, 5.74) is 9.10. The van der Waals surface area contributed by atoms with Gasteiger partial charge in [-0.15, -0.1) is 0 Å². The molecular formula is C15H23NO. The first-order valence-corrected chi connectivity index (χ1v) is 6.59. The molecule has 0 aliphatic heterocycles. The van der Waals surface area contributed by atoms with E-state index in [9.17, 15) is 0 Å². The Kier molecular flexibility index (Phi) is 4.19. The molecule has 0 heterocycles. The molecule has 2 unspecified atom stereocenters. The van der Waals surface area contributed by atoms with E-state index in [1.165, 1.54) is 30.4 Å². The van der Waals surface area contributed by atoms with Gasteiger partial charge >= 0.3 is 0 Å². The first kappa shape index (κ1) is 12.6. The Hall–Kier alpha value is -0.860. The van der Waals surface area contributed by atoms with Crippen molar-refractivity contribution in [1.82, 2.24) is 0 Å². The van der Waals surface area contributed by atoms with Gasteiger partial charge in [0.15, 0.2) is 0 Å². The van der Waals surface area contributed by atoms with Gasteiger partial charge in [0.2, 0.25) is 0 Å². The lowest BCUT2D eigenvalue weighted by Gasteiger charge is -2.30. The Bertz CT molecular complexity index is 360. The summed E-state index contributed by atoms with van der Waals surface area (Å²) in [4.78, 5) is 0. The number of hydrogen-bond donors (Lipinski definition) is 1. The highest BCUT2D eigenvalue weighted by atomic mass is 16.5. The fourth-order valence-corrected chi connectivity index (χ4v) is 2.52. The maximum Gasteiger partial charge on any atom is 0.0561 e. The number of ether oxygens (including phenoxy) is 1. The van der Waals surface area contributed by atoms with E-state index in [-0.39, 0.29) is 12.1 Å². The van der Waals surface area contributed by atoms with Crippen molar-refractivity contribution in [3.05, 3.63) is 35.4 Å². The van der Waals surface area contributed by atoms with Crippen molar-refractivity contribution in [2.24, 2.45) is 5.73 Å². The van der Waals surface area contributed by atoms with Crippen LogP contribution < -0.4 is 5.73 Å². The third-order valence-corrected chi connectivity index (χ3v) is 3.93. The Balaban J connectivity index is 2.13. The maximum atomic E-state index is 6.31. The van der Waals surface area contributed by atoms with Crippen LogP contribution >= 0.6 is 0 Å². The van der Waals surface area contributed by atoms with Crippen LogP contribution in [0.3, 0.4) is 0 Å². The average Bonchev–Trinajstić information content (AvgIpc) is 2.27. The minimum absolute atomic E-state index is 0.0988. The number of hydrogen-bond acceptors (Lipinski definition) is 2. The minimum Gasteiger partial charge on any atom is -0.382 e. The Morgan fingerprint density at radius 2 is 2.06 bits per heavy atom. The molecule has 2 atom stereocenters. The molecule has 2 rings (SSSR count). The lowest BCUT2D eigenvalue weighted by molar-refractivity contribution is 0.104. The normalized spacial score (nSPS) is 19.7. The summed E-state index contributed by atoms with van der Waals surface area (Å²) < 4.78 is 5.30. The Morgan fingerprint density at radius 1 is 1.35 bits per heavy atom. The number of benzene rings is 1. The lowest BCUT2D eigenvalue weighted by atomic mass is 9.77. The van der Waals surface area contributed by atoms with Crippen LogP contribution in [0.25, 0.3) is 0 Å². The molecular weight excluding hydrogens is 210 g/mol. The summed E-state index contributed by atoms with van der Waals surface area (Å²) in [5.74, 6) is 0.745. The first-order valence-electron chi connectivity index (χ1n) is 6.59. The first-order chi connectivity index (χ1) is 8.22. The zero-order valence-electron chi connectivity index (χ0n) is 10.9. The minimum atomic E-state index is 0.0988. The van der Waals surface area contributed by atoms with Crippen LogP contribution in [0.2, 0.25) is 0 Å². The molecule has 1 aliphatic carbocycles. The smallest absolute Gasteiger partial charge is 0.0561 e. The molecule has 0 saturated heterocycles. The second kappa shape index (κ2) is 5.65. The van der Waals surface area contributed by atoms with Gasteiger partial charge in [-0.2, -0.15) is 0 Å². The topological polar surface area (TPSA) is 35.2 Å². The average molecular weight is 233 g/mol. The van der Waals surface area contributed by atoms with Gasteiger partial charge in [0, 0.05) is 13.2 Å². The standard InChI is InChI=1S/C15H23NO/c1-11(17-2)10-15(16)14-9-4-3-8-13(14)12-6-5-7-12/h3-4,8-9,11-12,15H,5-7,10,16H2,1-2H3. The molecule has 0 aromatic heterocycles. The summed E-state index contributed by atoms with van der Waals surface area (Å²) in [6.45, 7) is 2.08. The molecule has 0 bridgehead atoms. The Labute approximate surface area is 104 Å². The molecule has 1 aromatic rings. The zero-order valence-corrected chi connectivity index (χ0v) is 10.9. The van der Waals surface area contributed by atoms with Crippen LogP contribution in [0.15, 0.2) is 24.3 Å². The number of methoxy groups -OCH3 is 1. The number of nitrogens with two attached hydrogens (primary N) is 1. The van der Waals surface area contributed by atoms with Crippen LogP contribution in [-0.4, -0.2) is 13.2 Å². The highest BCUT2D eigenvalue weighted by Gasteiger charge is 2.24. The van der Waals surface area contributed by atoms with Gasteiger partial charge in [-0.3, -0.25) is 0 Å². The summed E-state index contributed by atoms with van der Waals surface area (Å²) in [6.07, 6.45) is 5.12. The van der Waals surface area contributed by atoms with Crippen molar-refractivity contribution in [3.8, 4) is 0 Å². The largest absolute Gasteiger partial charge is 0.382 e. The zero-order chi connectivity index (χ0) is 12.3. The second-order valence-electron chi connectivity index (χ2n) is 5.15. The molecule has 1 fully saturated rings. The third-order valence-electron chi connectivity index (χ3n) is 3.93. The summed E-state index contributed by atoms with van der Waals surface area (Å²) in [5, 5.41) is 0. The molecule has 2 N–H and O–H groups in total. The van der Waals surface area contributed by atoms with E-state index >= 15 is 0 Å².